The van der Waals surface area contributed by atoms with Crippen molar-refractivity contribution < 1.29 is 14.3 Å². The third-order valence-corrected chi connectivity index (χ3v) is 6.15. The molecule has 0 spiro atoms. The minimum absolute atomic E-state index is 0.0528. The van der Waals surface area contributed by atoms with Crippen LogP contribution in [0.3, 0.4) is 0 Å². The number of nitrogens with zero attached hydrogens (tertiary/aromatic N) is 2. The maximum absolute atomic E-state index is 12.5. The summed E-state index contributed by atoms with van der Waals surface area (Å²) in [5, 5.41) is 1.02. The summed E-state index contributed by atoms with van der Waals surface area (Å²) < 4.78 is 12.2. The Kier molecular flexibility index (Phi) is 6.01. The number of fused-ring (bicyclic) bond motifs is 1. The predicted octanol–water partition coefficient (Wildman–Crippen LogP) is 5.04. The lowest BCUT2D eigenvalue weighted by Crippen LogP contribution is -2.27. The fraction of sp³-hybridized carbons (Fsp3) is 0.174. The summed E-state index contributed by atoms with van der Waals surface area (Å²) in [6.07, 6.45) is 3.61. The van der Waals surface area contributed by atoms with Gasteiger partial charge in [0.25, 0.3) is 5.91 Å². The van der Waals surface area contributed by atoms with Gasteiger partial charge in [0.15, 0.2) is 0 Å². The van der Waals surface area contributed by atoms with Gasteiger partial charge in [-0.05, 0) is 42.8 Å². The number of aromatic nitrogens is 1. The highest BCUT2D eigenvalue weighted by Crippen LogP contribution is 2.33. The maximum Gasteiger partial charge on any atom is 0.266 e. The van der Waals surface area contributed by atoms with Gasteiger partial charge in [0, 0.05) is 23.7 Å². The highest BCUT2D eigenvalue weighted by atomic mass is 32.2. The van der Waals surface area contributed by atoms with E-state index in [1.54, 1.807) is 18.2 Å². The number of carbonyl (C=O) groups excluding carboxylic acids is 1. The monoisotopic (exact) mass is 436 g/mol. The van der Waals surface area contributed by atoms with Gasteiger partial charge < -0.3 is 9.47 Å². The van der Waals surface area contributed by atoms with E-state index in [4.69, 9.17) is 21.7 Å². The minimum atomic E-state index is -0.0528. The van der Waals surface area contributed by atoms with Crippen LogP contribution in [0.5, 0.6) is 11.5 Å². The number of para-hydroxylation sites is 1. The van der Waals surface area contributed by atoms with Crippen LogP contribution in [0, 0.1) is 0 Å². The first-order chi connectivity index (χ1) is 14.6. The molecule has 5 nitrogen and oxygen atoms in total. The molecule has 1 saturated heterocycles. The Balaban J connectivity index is 1.60. The summed E-state index contributed by atoms with van der Waals surface area (Å²) >= 11 is 6.62. The molecule has 1 amide bonds. The van der Waals surface area contributed by atoms with Crippen molar-refractivity contribution in [2.45, 2.75) is 13.5 Å². The van der Waals surface area contributed by atoms with Gasteiger partial charge in [-0.25, -0.2) is 0 Å². The Morgan fingerprint density at radius 2 is 2.00 bits per heavy atom. The number of rotatable bonds is 6. The van der Waals surface area contributed by atoms with Crippen LogP contribution in [0.1, 0.15) is 18.1 Å². The molecule has 0 bridgehead atoms. The Bertz CT molecular complexity index is 1150. The molecule has 2 heterocycles. The van der Waals surface area contributed by atoms with E-state index in [0.29, 0.717) is 28.1 Å². The van der Waals surface area contributed by atoms with Crippen LogP contribution in [-0.2, 0) is 11.4 Å². The lowest BCUT2D eigenvalue weighted by Gasteiger charge is -2.12. The van der Waals surface area contributed by atoms with E-state index in [9.17, 15) is 4.79 Å². The Hall–Kier alpha value is -2.90. The number of hydrogen-bond acceptors (Lipinski definition) is 6. The standard InChI is InChI=1S/C23H20N2O3S2/c1-3-25-22(26)20(30-23(25)29)13-15-9-10-18(27-2)17(12-15)14-28-19-8-4-6-16-7-5-11-24-21(16)19/h4-13H,3,14H2,1-2H3. The van der Waals surface area contributed by atoms with Crippen LogP contribution in [0.4, 0.5) is 0 Å². The van der Waals surface area contributed by atoms with Crippen molar-refractivity contribution in [3.8, 4) is 11.5 Å². The van der Waals surface area contributed by atoms with Gasteiger partial charge in [-0.2, -0.15) is 0 Å². The molecule has 0 aliphatic carbocycles. The van der Waals surface area contributed by atoms with Crippen LogP contribution in [0.15, 0.2) is 59.6 Å². The smallest absolute Gasteiger partial charge is 0.266 e. The van der Waals surface area contributed by atoms with E-state index >= 15 is 0 Å². The average Bonchev–Trinajstić information content (AvgIpc) is 3.04. The summed E-state index contributed by atoms with van der Waals surface area (Å²) in [6.45, 7) is 2.80. The molecule has 1 aliphatic rings. The molecule has 30 heavy (non-hydrogen) atoms. The zero-order valence-corrected chi connectivity index (χ0v) is 18.3. The molecular formula is C23H20N2O3S2. The van der Waals surface area contributed by atoms with E-state index in [1.165, 1.54) is 11.8 Å². The summed E-state index contributed by atoms with van der Waals surface area (Å²) in [5.74, 6) is 1.38. The second kappa shape index (κ2) is 8.85. The molecule has 1 fully saturated rings. The van der Waals surface area contributed by atoms with Gasteiger partial charge in [-0.3, -0.25) is 14.7 Å². The lowest BCUT2D eigenvalue weighted by atomic mass is 10.1. The number of ether oxygens (including phenoxy) is 2. The first-order valence-electron chi connectivity index (χ1n) is 9.49. The van der Waals surface area contributed by atoms with E-state index < -0.39 is 0 Å². The SMILES string of the molecule is CCN1C(=O)C(=Cc2ccc(OC)c(COc3cccc4cccnc34)c2)SC1=S. The molecule has 0 radical (unpaired) electrons. The van der Waals surface area contributed by atoms with Gasteiger partial charge in [0.1, 0.15) is 27.9 Å². The predicted molar refractivity (Wildman–Crippen MR) is 125 cm³/mol. The van der Waals surface area contributed by atoms with Crippen LogP contribution in [0.25, 0.3) is 17.0 Å². The van der Waals surface area contributed by atoms with Crippen LogP contribution >= 0.6 is 24.0 Å². The number of likely N-dealkylation sites (N-methyl/N-ethyl adjacent to an activating group) is 1. The third kappa shape index (κ3) is 4.04. The average molecular weight is 437 g/mol. The van der Waals surface area contributed by atoms with Crippen molar-refractivity contribution in [3.63, 3.8) is 0 Å². The first kappa shape index (κ1) is 20.4. The van der Waals surface area contributed by atoms with Crippen LogP contribution < -0.4 is 9.47 Å². The summed E-state index contributed by atoms with van der Waals surface area (Å²) in [6, 6.07) is 15.5. The molecular weight excluding hydrogens is 416 g/mol. The van der Waals surface area contributed by atoms with Gasteiger partial charge in [0.2, 0.25) is 0 Å². The normalized spacial score (nSPS) is 15.3. The number of carbonyl (C=O) groups is 1. The van der Waals surface area contributed by atoms with E-state index in [2.05, 4.69) is 4.98 Å². The van der Waals surface area contributed by atoms with Crippen molar-refractivity contribution in [2.24, 2.45) is 0 Å². The fourth-order valence-corrected chi connectivity index (χ4v) is 4.66. The van der Waals surface area contributed by atoms with Gasteiger partial charge in [0.05, 0.1) is 12.0 Å². The highest BCUT2D eigenvalue weighted by Gasteiger charge is 2.30. The van der Waals surface area contributed by atoms with Gasteiger partial charge >= 0.3 is 0 Å². The number of amides is 1. The molecule has 3 aromatic rings. The molecule has 0 unspecified atom stereocenters. The second-order valence-corrected chi connectivity index (χ2v) is 8.29. The number of pyridine rings is 1. The molecule has 1 aliphatic heterocycles. The van der Waals surface area contributed by atoms with Crippen molar-refractivity contribution in [1.82, 2.24) is 9.88 Å². The maximum atomic E-state index is 12.5. The number of methoxy groups -OCH3 is 1. The fourth-order valence-electron chi connectivity index (χ4n) is 3.27. The number of hydrogen-bond donors (Lipinski definition) is 0. The summed E-state index contributed by atoms with van der Waals surface area (Å²) in [7, 11) is 1.63. The molecule has 152 valence electrons. The molecule has 1 aromatic heterocycles. The van der Waals surface area contributed by atoms with E-state index in [0.717, 1.165) is 27.8 Å². The second-order valence-electron chi connectivity index (χ2n) is 6.62. The largest absolute Gasteiger partial charge is 0.496 e. The topological polar surface area (TPSA) is 51.7 Å². The van der Waals surface area contributed by atoms with Crippen molar-refractivity contribution in [1.29, 1.82) is 0 Å². The molecule has 0 atom stereocenters. The zero-order valence-electron chi connectivity index (χ0n) is 16.6. The third-order valence-electron chi connectivity index (χ3n) is 4.77. The van der Waals surface area contributed by atoms with Crippen molar-refractivity contribution >= 4 is 51.2 Å². The lowest BCUT2D eigenvalue weighted by molar-refractivity contribution is -0.121. The number of benzene rings is 2. The van der Waals surface area contributed by atoms with Crippen LogP contribution in [0.2, 0.25) is 0 Å². The quantitative estimate of drug-likeness (QED) is 0.398. The van der Waals surface area contributed by atoms with Gasteiger partial charge in [-0.15, -0.1) is 0 Å². The first-order valence-corrected chi connectivity index (χ1v) is 10.7. The number of thiocarbonyl (C=S) groups is 1. The molecule has 7 heteroatoms. The Morgan fingerprint density at radius 3 is 2.77 bits per heavy atom. The molecule has 2 aromatic carbocycles. The van der Waals surface area contributed by atoms with Crippen molar-refractivity contribution in [2.75, 3.05) is 13.7 Å². The summed E-state index contributed by atoms with van der Waals surface area (Å²) in [4.78, 5) is 19.1. The molecule has 0 saturated carbocycles. The number of thioether (sulfide) groups is 1. The zero-order chi connectivity index (χ0) is 21.1. The van der Waals surface area contributed by atoms with E-state index in [-0.39, 0.29) is 5.91 Å². The van der Waals surface area contributed by atoms with Gasteiger partial charge in [-0.1, -0.05) is 48.2 Å². The molecule has 0 N–H and O–H groups in total. The molecule has 4 rings (SSSR count). The summed E-state index contributed by atoms with van der Waals surface area (Å²) in [5.41, 5.74) is 2.59. The highest BCUT2D eigenvalue weighted by molar-refractivity contribution is 8.26. The van der Waals surface area contributed by atoms with E-state index in [1.807, 2.05) is 61.5 Å². The van der Waals surface area contributed by atoms with Crippen LogP contribution in [-0.4, -0.2) is 33.8 Å². The Morgan fingerprint density at radius 1 is 1.17 bits per heavy atom. The van der Waals surface area contributed by atoms with Crippen molar-refractivity contribution in [3.05, 3.63) is 70.8 Å². The minimum Gasteiger partial charge on any atom is -0.496 e. The Labute approximate surface area is 184 Å².